The molecule has 0 atom stereocenters. The highest BCUT2D eigenvalue weighted by molar-refractivity contribution is 7.17. The number of nitrogens with zero attached hydrogens (tertiary/aromatic N) is 1. The van der Waals surface area contributed by atoms with Crippen LogP contribution < -0.4 is 4.74 Å². The lowest BCUT2D eigenvalue weighted by Gasteiger charge is -2.08. The lowest BCUT2D eigenvalue weighted by atomic mass is 10.1. The number of alkyl halides is 3. The number of aliphatic carboxylic acids is 1. The van der Waals surface area contributed by atoms with E-state index in [0.29, 0.717) is 29.3 Å². The van der Waals surface area contributed by atoms with Crippen molar-refractivity contribution in [1.29, 1.82) is 0 Å². The summed E-state index contributed by atoms with van der Waals surface area (Å²) in [5.74, 6) is -0.260. The van der Waals surface area contributed by atoms with Gasteiger partial charge in [-0.05, 0) is 42.1 Å². The maximum Gasteiger partial charge on any atom is 0.416 e. The molecule has 0 radical (unpaired) electrons. The molecule has 0 amide bonds. The van der Waals surface area contributed by atoms with Crippen molar-refractivity contribution in [2.75, 3.05) is 6.61 Å². The molecule has 0 spiro atoms. The van der Waals surface area contributed by atoms with Gasteiger partial charge in [-0.2, -0.15) is 13.2 Å². The third-order valence-corrected chi connectivity index (χ3v) is 6.99. The molecule has 4 aromatic rings. The average Bonchev–Trinajstić information content (AvgIpc) is 3.31. The number of carbonyl (C=O) groups is 1. The van der Waals surface area contributed by atoms with Gasteiger partial charge in [-0.15, -0.1) is 22.7 Å². The molecule has 9 heteroatoms. The number of hydrogen-bond donors (Lipinski definition) is 1. The number of fused-ring (bicyclic) bond motifs is 1. The minimum Gasteiger partial charge on any atom is -0.492 e. The summed E-state index contributed by atoms with van der Waals surface area (Å²) in [4.78, 5) is 16.7. The highest BCUT2D eigenvalue weighted by Crippen LogP contribution is 2.35. The highest BCUT2D eigenvalue weighted by atomic mass is 32.1. The number of benzene rings is 2. The number of thiophene rings is 1. The molecule has 166 valence electrons. The van der Waals surface area contributed by atoms with E-state index in [4.69, 9.17) is 9.84 Å². The quantitative estimate of drug-likeness (QED) is 0.326. The van der Waals surface area contributed by atoms with E-state index < -0.39 is 17.7 Å². The van der Waals surface area contributed by atoms with Crippen molar-refractivity contribution < 1.29 is 27.8 Å². The van der Waals surface area contributed by atoms with Crippen LogP contribution in [0.3, 0.4) is 0 Å². The zero-order chi connectivity index (χ0) is 22.9. The Bertz CT molecular complexity index is 1260. The van der Waals surface area contributed by atoms with Crippen molar-refractivity contribution in [3.05, 3.63) is 69.5 Å². The molecule has 0 fully saturated rings. The van der Waals surface area contributed by atoms with Crippen LogP contribution in [-0.2, 0) is 23.8 Å². The van der Waals surface area contributed by atoms with Crippen LogP contribution in [0, 0.1) is 6.92 Å². The van der Waals surface area contributed by atoms with Crippen LogP contribution in [0.15, 0.2) is 47.8 Å². The van der Waals surface area contributed by atoms with Gasteiger partial charge < -0.3 is 9.84 Å². The van der Waals surface area contributed by atoms with E-state index in [0.717, 1.165) is 38.4 Å². The van der Waals surface area contributed by atoms with Crippen molar-refractivity contribution in [2.24, 2.45) is 0 Å². The first kappa shape index (κ1) is 22.3. The Kier molecular flexibility index (Phi) is 6.21. The molecule has 4 rings (SSSR count). The first-order chi connectivity index (χ1) is 15.2. The fourth-order valence-electron chi connectivity index (χ4n) is 3.38. The molecule has 2 aromatic carbocycles. The summed E-state index contributed by atoms with van der Waals surface area (Å²) in [7, 11) is 0. The molecule has 1 N–H and O–H groups in total. The van der Waals surface area contributed by atoms with E-state index >= 15 is 0 Å². The zero-order valence-corrected chi connectivity index (χ0v) is 18.5. The number of thiazole rings is 1. The Morgan fingerprint density at radius 3 is 2.59 bits per heavy atom. The number of carboxylic acid groups (broad SMARTS) is 1. The molecule has 0 aliphatic carbocycles. The lowest BCUT2D eigenvalue weighted by Crippen LogP contribution is -2.04. The van der Waals surface area contributed by atoms with Crippen molar-refractivity contribution in [3.63, 3.8) is 0 Å². The van der Waals surface area contributed by atoms with Crippen molar-refractivity contribution in [1.82, 2.24) is 4.98 Å². The third kappa shape index (κ3) is 4.78. The summed E-state index contributed by atoms with van der Waals surface area (Å²) >= 11 is 2.91. The van der Waals surface area contributed by atoms with Gasteiger partial charge in [0.05, 0.1) is 24.3 Å². The molecule has 4 nitrogen and oxygen atoms in total. The molecule has 0 bridgehead atoms. The van der Waals surface area contributed by atoms with E-state index in [1.807, 2.05) is 30.5 Å². The van der Waals surface area contributed by atoms with Gasteiger partial charge in [0, 0.05) is 26.9 Å². The monoisotopic (exact) mass is 477 g/mol. The van der Waals surface area contributed by atoms with Crippen molar-refractivity contribution >= 4 is 38.7 Å². The van der Waals surface area contributed by atoms with Crippen molar-refractivity contribution in [3.8, 4) is 16.3 Å². The summed E-state index contributed by atoms with van der Waals surface area (Å²) in [6.45, 7) is 2.27. The lowest BCUT2D eigenvalue weighted by molar-refractivity contribution is -0.138. The van der Waals surface area contributed by atoms with E-state index in [1.54, 1.807) is 0 Å². The Morgan fingerprint density at radius 2 is 1.91 bits per heavy atom. The topological polar surface area (TPSA) is 59.4 Å². The van der Waals surface area contributed by atoms with E-state index in [-0.39, 0.29) is 6.42 Å². The van der Waals surface area contributed by atoms with E-state index in [2.05, 4.69) is 4.98 Å². The smallest absolute Gasteiger partial charge is 0.416 e. The number of halogens is 3. The molecule has 0 aliphatic rings. The Balaban J connectivity index is 1.47. The maximum atomic E-state index is 12.8. The van der Waals surface area contributed by atoms with Crippen LogP contribution in [0.4, 0.5) is 13.2 Å². The minimum atomic E-state index is -4.37. The number of aryl methyl sites for hydroxylation is 1. The van der Waals surface area contributed by atoms with Gasteiger partial charge in [0.2, 0.25) is 0 Å². The zero-order valence-electron chi connectivity index (χ0n) is 16.9. The second-order valence-electron chi connectivity index (χ2n) is 7.16. The van der Waals surface area contributed by atoms with Crippen molar-refractivity contribution in [2.45, 2.75) is 25.9 Å². The predicted molar refractivity (Wildman–Crippen MR) is 120 cm³/mol. The second-order valence-corrected chi connectivity index (χ2v) is 9.27. The molecule has 2 heterocycles. The van der Waals surface area contributed by atoms with E-state index in [1.165, 1.54) is 34.8 Å². The number of ether oxygens (including phenoxy) is 1. The van der Waals surface area contributed by atoms with Gasteiger partial charge in [-0.25, -0.2) is 4.98 Å². The Labute approximate surface area is 189 Å². The molecular weight excluding hydrogens is 459 g/mol. The number of rotatable bonds is 7. The van der Waals surface area contributed by atoms with Crippen LogP contribution in [0.2, 0.25) is 0 Å². The summed E-state index contributed by atoms with van der Waals surface area (Å²) < 4.78 is 45.3. The third-order valence-electron chi connectivity index (χ3n) is 4.93. The molecular formula is C23H18F3NO3S2. The van der Waals surface area contributed by atoms with Gasteiger partial charge in [0.15, 0.2) is 0 Å². The van der Waals surface area contributed by atoms with E-state index in [9.17, 15) is 18.0 Å². The first-order valence-electron chi connectivity index (χ1n) is 9.70. The first-order valence-corrected chi connectivity index (χ1v) is 11.4. The molecule has 2 aromatic heterocycles. The molecule has 0 unspecified atom stereocenters. The molecule has 0 saturated carbocycles. The largest absolute Gasteiger partial charge is 0.492 e. The molecule has 0 saturated heterocycles. The number of hydrogen-bond acceptors (Lipinski definition) is 5. The summed E-state index contributed by atoms with van der Waals surface area (Å²) in [6.07, 6.45) is -3.91. The van der Waals surface area contributed by atoms with Gasteiger partial charge in [0.1, 0.15) is 10.8 Å². The van der Waals surface area contributed by atoms with Crippen LogP contribution in [0.1, 0.15) is 21.7 Å². The minimum absolute atomic E-state index is 0.0674. The Hall–Kier alpha value is -2.91. The van der Waals surface area contributed by atoms with Gasteiger partial charge in [0.25, 0.3) is 0 Å². The fourth-order valence-corrected chi connectivity index (χ4v) is 5.32. The van der Waals surface area contributed by atoms with Crippen LogP contribution in [-0.4, -0.2) is 22.7 Å². The van der Waals surface area contributed by atoms with Crippen LogP contribution in [0.5, 0.6) is 5.75 Å². The standard InChI is InChI=1S/C23H18F3NO3S2/c1-13-17(27-22(32-13)14-5-7-16(8-6-14)23(24,25)26)9-10-30-18-3-2-4-19-21(18)15(12-31-19)11-20(28)29/h2-8,12H,9-11H2,1H3,(H,28,29). The van der Waals surface area contributed by atoms with Gasteiger partial charge in [-0.3, -0.25) is 4.79 Å². The molecule has 32 heavy (non-hydrogen) atoms. The SMILES string of the molecule is Cc1sc(-c2ccc(C(F)(F)F)cc2)nc1CCOc1cccc2scc(CC(=O)O)c12. The Morgan fingerprint density at radius 1 is 1.16 bits per heavy atom. The predicted octanol–water partition coefficient (Wildman–Crippen LogP) is 6.60. The van der Waals surface area contributed by atoms with Crippen LogP contribution in [0.25, 0.3) is 20.7 Å². The average molecular weight is 478 g/mol. The summed E-state index contributed by atoms with van der Waals surface area (Å²) in [5.41, 5.74) is 1.50. The molecule has 0 aliphatic heterocycles. The van der Waals surface area contributed by atoms with Crippen LogP contribution >= 0.6 is 22.7 Å². The number of aromatic nitrogens is 1. The number of carboxylic acids is 1. The fraction of sp³-hybridized carbons (Fsp3) is 0.217. The maximum absolute atomic E-state index is 12.8. The highest BCUT2D eigenvalue weighted by Gasteiger charge is 2.30. The van der Waals surface area contributed by atoms with Gasteiger partial charge in [-0.1, -0.05) is 18.2 Å². The summed E-state index contributed by atoms with van der Waals surface area (Å²) in [5, 5.41) is 12.5. The summed E-state index contributed by atoms with van der Waals surface area (Å²) in [6, 6.07) is 10.6. The second kappa shape index (κ2) is 8.91. The van der Waals surface area contributed by atoms with Gasteiger partial charge >= 0.3 is 12.1 Å². The normalized spacial score (nSPS) is 11.8.